The Kier molecular flexibility index (Phi) is 5.56. The zero-order valence-electron chi connectivity index (χ0n) is 16.0. The van der Waals surface area contributed by atoms with Crippen molar-refractivity contribution in [1.29, 1.82) is 0 Å². The van der Waals surface area contributed by atoms with Crippen molar-refractivity contribution >= 4 is 28.5 Å². The van der Waals surface area contributed by atoms with Gasteiger partial charge < -0.3 is 20.5 Å². The lowest BCUT2D eigenvalue weighted by atomic mass is 9.79. The summed E-state index contributed by atoms with van der Waals surface area (Å²) in [5, 5.41) is 2.96. The van der Waals surface area contributed by atoms with Gasteiger partial charge in [-0.1, -0.05) is 11.8 Å². The quantitative estimate of drug-likeness (QED) is 0.741. The maximum Gasteiger partial charge on any atom is 0.275 e. The number of anilines is 1. The highest BCUT2D eigenvalue weighted by Crippen LogP contribution is 2.48. The van der Waals surface area contributed by atoms with E-state index in [9.17, 15) is 13.6 Å². The minimum absolute atomic E-state index is 0.00574. The molecule has 1 amide bonds. The number of thioether (sulfide) groups is 1. The van der Waals surface area contributed by atoms with E-state index >= 15 is 0 Å². The number of nitrogens with one attached hydrogen (secondary N) is 1. The Morgan fingerprint density at radius 1 is 1.43 bits per heavy atom. The number of nitrogens with two attached hydrogens (primary N) is 1. The topological polar surface area (TPSA) is 112 Å². The normalized spacial score (nSPS) is 25.4. The Hall–Kier alpha value is -2.79. The summed E-state index contributed by atoms with van der Waals surface area (Å²) < 4.78 is 38.8. The first-order chi connectivity index (χ1) is 14.5. The number of ether oxygens (including phenoxy) is 2. The second kappa shape index (κ2) is 8.15. The summed E-state index contributed by atoms with van der Waals surface area (Å²) in [5.74, 6) is -0.707. The lowest BCUT2D eigenvalue weighted by molar-refractivity contribution is 0.0721. The molecule has 1 aromatic carbocycles. The minimum atomic E-state index is -1.14. The molecule has 11 heteroatoms. The van der Waals surface area contributed by atoms with Crippen molar-refractivity contribution in [2.45, 2.75) is 11.6 Å². The first-order valence-electron chi connectivity index (χ1n) is 9.10. The fourth-order valence-corrected chi connectivity index (χ4v) is 4.76. The van der Waals surface area contributed by atoms with Gasteiger partial charge in [0.05, 0.1) is 32.2 Å². The van der Waals surface area contributed by atoms with Crippen LogP contribution in [0.2, 0.25) is 0 Å². The molecule has 158 valence electrons. The number of alkyl halides is 1. The minimum Gasteiger partial charge on any atom is -0.480 e. The number of carbonyl (C=O) groups excluding carboxylic acids is 1. The van der Waals surface area contributed by atoms with Crippen molar-refractivity contribution in [2.24, 2.45) is 16.6 Å². The first-order valence-corrected chi connectivity index (χ1v) is 10.1. The summed E-state index contributed by atoms with van der Waals surface area (Å²) in [5.41, 5.74) is 5.37. The fourth-order valence-electron chi connectivity index (χ4n) is 3.69. The van der Waals surface area contributed by atoms with Crippen LogP contribution in [-0.4, -0.2) is 53.3 Å². The van der Waals surface area contributed by atoms with Gasteiger partial charge in [-0.2, -0.15) is 0 Å². The second-order valence-corrected chi connectivity index (χ2v) is 7.93. The SMILES string of the molecule is COc1cnc(C(=O)Nc2ccc(F)c(C34COC(C[18F])C3CSC(N)=N4)c2)cn1. The van der Waals surface area contributed by atoms with E-state index in [4.69, 9.17) is 15.2 Å². The van der Waals surface area contributed by atoms with E-state index in [0.717, 1.165) is 0 Å². The molecule has 4 rings (SSSR count). The molecule has 1 aromatic heterocycles. The molecule has 2 aliphatic heterocycles. The standard InChI is InChI=1S/C19H19F2N5O3S/c1-28-16-7-23-14(6-24-16)17(27)25-10-2-3-13(21)11(4-10)19-9-29-15(5-20)12(19)8-30-18(22)26-19/h2-4,6-7,12,15H,5,8-9H2,1H3,(H2,22,26)(H,25,27)/i20-1. The number of fused-ring (bicyclic) bond motifs is 1. The maximum absolute atomic E-state index is 14.9. The van der Waals surface area contributed by atoms with Gasteiger partial charge in [0.25, 0.3) is 5.91 Å². The van der Waals surface area contributed by atoms with E-state index in [0.29, 0.717) is 11.4 Å². The summed E-state index contributed by atoms with van der Waals surface area (Å²) >= 11 is 1.29. The lowest BCUT2D eigenvalue weighted by Crippen LogP contribution is -2.42. The van der Waals surface area contributed by atoms with Gasteiger partial charge in [0, 0.05) is 22.9 Å². The van der Waals surface area contributed by atoms with Gasteiger partial charge in [0.1, 0.15) is 23.7 Å². The van der Waals surface area contributed by atoms with Gasteiger partial charge in [0.15, 0.2) is 5.17 Å². The molecule has 1 fully saturated rings. The number of rotatable bonds is 5. The molecule has 0 spiro atoms. The number of amides is 1. The van der Waals surface area contributed by atoms with Gasteiger partial charge in [-0.3, -0.25) is 4.79 Å². The van der Waals surface area contributed by atoms with Crippen LogP contribution in [0.25, 0.3) is 0 Å². The van der Waals surface area contributed by atoms with Crippen molar-refractivity contribution in [3.8, 4) is 5.88 Å². The third-order valence-corrected chi connectivity index (χ3v) is 6.13. The van der Waals surface area contributed by atoms with Crippen LogP contribution in [0.3, 0.4) is 0 Å². The smallest absolute Gasteiger partial charge is 0.275 e. The van der Waals surface area contributed by atoms with Crippen LogP contribution in [0.4, 0.5) is 14.5 Å². The molecule has 2 aliphatic rings. The molecule has 3 N–H and O–H groups in total. The zero-order valence-corrected chi connectivity index (χ0v) is 16.8. The molecule has 3 unspecified atom stereocenters. The van der Waals surface area contributed by atoms with Gasteiger partial charge >= 0.3 is 0 Å². The van der Waals surface area contributed by atoms with Crippen LogP contribution in [0.15, 0.2) is 35.6 Å². The molecule has 0 saturated carbocycles. The van der Waals surface area contributed by atoms with Crippen LogP contribution < -0.4 is 15.8 Å². The van der Waals surface area contributed by atoms with Gasteiger partial charge in [-0.15, -0.1) is 0 Å². The van der Waals surface area contributed by atoms with Gasteiger partial charge in [-0.05, 0) is 18.2 Å². The van der Waals surface area contributed by atoms with Crippen LogP contribution in [0, 0.1) is 11.7 Å². The molecule has 0 radical (unpaired) electrons. The average molecular weight is 434 g/mol. The monoisotopic (exact) mass is 434 g/mol. The fraction of sp³-hybridized carbons (Fsp3) is 0.368. The van der Waals surface area contributed by atoms with Gasteiger partial charge in [-0.25, -0.2) is 23.7 Å². The van der Waals surface area contributed by atoms with E-state index in [1.54, 1.807) is 0 Å². The molecule has 0 aliphatic carbocycles. The summed E-state index contributed by atoms with van der Waals surface area (Å²) in [6, 6.07) is 4.13. The number of aromatic nitrogens is 2. The first kappa shape index (κ1) is 20.5. The molecule has 3 heterocycles. The summed E-state index contributed by atoms with van der Waals surface area (Å²) in [6.45, 7) is -0.692. The Morgan fingerprint density at radius 3 is 2.97 bits per heavy atom. The molecule has 30 heavy (non-hydrogen) atoms. The van der Waals surface area contributed by atoms with Crippen molar-refractivity contribution in [1.82, 2.24) is 9.97 Å². The highest BCUT2D eigenvalue weighted by Gasteiger charge is 2.54. The second-order valence-electron chi connectivity index (χ2n) is 6.89. The molecule has 0 bridgehead atoms. The molecule has 8 nitrogen and oxygen atoms in total. The Labute approximate surface area is 175 Å². The number of nitrogens with zero attached hydrogens (tertiary/aromatic N) is 3. The number of aliphatic imine (C=N–C) groups is 1. The number of methoxy groups -OCH3 is 1. The highest BCUT2D eigenvalue weighted by atomic mass is 32.2. The van der Waals surface area contributed by atoms with Crippen molar-refractivity contribution < 1.29 is 23.0 Å². The average Bonchev–Trinajstić information content (AvgIpc) is 3.13. The van der Waals surface area contributed by atoms with Crippen LogP contribution in [-0.2, 0) is 10.3 Å². The van der Waals surface area contributed by atoms with Crippen molar-refractivity contribution in [3.63, 3.8) is 0 Å². The van der Waals surface area contributed by atoms with E-state index < -0.39 is 30.0 Å². The van der Waals surface area contributed by atoms with E-state index in [1.807, 2.05) is 0 Å². The number of carbonyl (C=O) groups is 1. The lowest BCUT2D eigenvalue weighted by Gasteiger charge is -2.35. The number of hydrogen-bond acceptors (Lipinski definition) is 8. The predicted molar refractivity (Wildman–Crippen MR) is 108 cm³/mol. The van der Waals surface area contributed by atoms with Crippen molar-refractivity contribution in [2.75, 3.05) is 31.5 Å². The van der Waals surface area contributed by atoms with Gasteiger partial charge in [0.2, 0.25) is 5.88 Å². The molecular formula is C19H19F2N5O3S. The molecule has 2 aromatic rings. The Balaban J connectivity index is 1.66. The molecule has 3 atom stereocenters. The number of halogens is 2. The maximum atomic E-state index is 14.9. The molecular weight excluding hydrogens is 415 g/mol. The zero-order chi connectivity index (χ0) is 21.3. The third kappa shape index (κ3) is 3.58. The largest absolute Gasteiger partial charge is 0.480 e. The predicted octanol–water partition coefficient (Wildman–Crippen LogP) is 2.12. The van der Waals surface area contributed by atoms with E-state index in [-0.39, 0.29) is 34.8 Å². The molecule has 1 saturated heterocycles. The van der Waals surface area contributed by atoms with E-state index in [2.05, 4.69) is 20.3 Å². The van der Waals surface area contributed by atoms with Crippen molar-refractivity contribution in [3.05, 3.63) is 47.7 Å². The summed E-state index contributed by atoms with van der Waals surface area (Å²) in [7, 11) is 1.44. The van der Waals surface area contributed by atoms with Crippen LogP contribution in [0.1, 0.15) is 16.1 Å². The Morgan fingerprint density at radius 2 is 2.27 bits per heavy atom. The third-order valence-electron chi connectivity index (χ3n) is 5.21. The number of benzene rings is 1. The highest BCUT2D eigenvalue weighted by molar-refractivity contribution is 8.13. The summed E-state index contributed by atoms with van der Waals surface area (Å²) in [6.07, 6.45) is 1.90. The van der Waals surface area contributed by atoms with Crippen LogP contribution in [0.5, 0.6) is 5.88 Å². The van der Waals surface area contributed by atoms with E-state index in [1.165, 1.54) is 49.5 Å². The number of amidine groups is 1. The Bertz CT molecular complexity index is 991. The van der Waals surface area contributed by atoms with Crippen LogP contribution >= 0.6 is 11.8 Å². The summed E-state index contributed by atoms with van der Waals surface area (Å²) in [4.78, 5) is 24.9. The number of hydrogen-bond donors (Lipinski definition) is 2.